The summed E-state index contributed by atoms with van der Waals surface area (Å²) in [6, 6.07) is 3.78. The first kappa shape index (κ1) is 16.0. The molecule has 0 aliphatic carbocycles. The average molecular weight is 338 g/mol. The first-order valence-electron chi connectivity index (χ1n) is 7.33. The van der Waals surface area contributed by atoms with Crippen molar-refractivity contribution >= 4 is 17.5 Å². The van der Waals surface area contributed by atoms with Gasteiger partial charge in [-0.3, -0.25) is 9.48 Å². The van der Waals surface area contributed by atoms with Crippen LogP contribution in [-0.4, -0.2) is 28.3 Å². The van der Waals surface area contributed by atoms with Gasteiger partial charge in [-0.15, -0.1) is 0 Å². The largest absolute Gasteiger partial charge is 0.371 e. The van der Waals surface area contributed by atoms with Crippen molar-refractivity contribution in [2.75, 3.05) is 6.61 Å². The number of amides is 1. The smallest absolute Gasteiger partial charge is 0.254 e. The molecule has 3 rings (SSSR count). The molecule has 0 bridgehead atoms. The van der Waals surface area contributed by atoms with Crippen LogP contribution in [0.1, 0.15) is 34.1 Å². The molecule has 2 atom stereocenters. The van der Waals surface area contributed by atoms with Crippen molar-refractivity contribution in [1.29, 1.82) is 0 Å². The van der Waals surface area contributed by atoms with Crippen molar-refractivity contribution in [2.45, 2.75) is 25.5 Å². The summed E-state index contributed by atoms with van der Waals surface area (Å²) in [5.74, 6) is -1.11. The summed E-state index contributed by atoms with van der Waals surface area (Å²) in [7, 11) is 1.85. The van der Waals surface area contributed by atoms with Crippen LogP contribution in [0.2, 0.25) is 5.02 Å². The molecule has 2 aromatic rings. The van der Waals surface area contributed by atoms with Crippen LogP contribution in [0.15, 0.2) is 24.4 Å². The number of carbonyl (C=O) groups is 1. The highest BCUT2D eigenvalue weighted by atomic mass is 35.5. The van der Waals surface area contributed by atoms with E-state index in [4.69, 9.17) is 16.3 Å². The van der Waals surface area contributed by atoms with Gasteiger partial charge in [-0.05, 0) is 31.5 Å². The summed E-state index contributed by atoms with van der Waals surface area (Å²) in [4.78, 5) is 12.3. The number of nitrogens with zero attached hydrogens (tertiary/aromatic N) is 2. The number of hydrogen-bond donors (Lipinski definition) is 1. The zero-order chi connectivity index (χ0) is 16.6. The fourth-order valence-electron chi connectivity index (χ4n) is 2.76. The van der Waals surface area contributed by atoms with Crippen molar-refractivity contribution < 1.29 is 13.9 Å². The van der Waals surface area contributed by atoms with E-state index in [1.807, 2.05) is 14.0 Å². The molecule has 1 aromatic heterocycles. The molecule has 1 aliphatic rings. The SMILES string of the molecule is Cc1c([C@H]2OCC[C@@H]2NC(=O)c2ccc(Cl)cc2F)cnn1C. The number of rotatable bonds is 3. The second-order valence-corrected chi connectivity index (χ2v) is 6.03. The molecule has 7 heteroatoms. The normalized spacial score (nSPS) is 20.7. The molecule has 1 N–H and O–H groups in total. The van der Waals surface area contributed by atoms with Crippen LogP contribution < -0.4 is 5.32 Å². The third kappa shape index (κ3) is 3.09. The van der Waals surface area contributed by atoms with E-state index in [-0.39, 0.29) is 22.7 Å². The molecule has 1 saturated heterocycles. The second kappa shape index (κ2) is 6.29. The minimum absolute atomic E-state index is 0.0250. The highest BCUT2D eigenvalue weighted by Crippen LogP contribution is 2.31. The average Bonchev–Trinajstić information content (AvgIpc) is 3.07. The Hall–Kier alpha value is -1.92. The van der Waals surface area contributed by atoms with Crippen LogP contribution in [0.3, 0.4) is 0 Å². The van der Waals surface area contributed by atoms with E-state index >= 15 is 0 Å². The monoisotopic (exact) mass is 337 g/mol. The molecule has 5 nitrogen and oxygen atoms in total. The number of hydrogen-bond acceptors (Lipinski definition) is 3. The first-order valence-corrected chi connectivity index (χ1v) is 7.71. The van der Waals surface area contributed by atoms with E-state index in [1.165, 1.54) is 12.1 Å². The van der Waals surface area contributed by atoms with Gasteiger partial charge in [0, 0.05) is 29.9 Å². The zero-order valence-electron chi connectivity index (χ0n) is 12.8. The fraction of sp³-hybridized carbons (Fsp3) is 0.375. The molecule has 23 heavy (non-hydrogen) atoms. The van der Waals surface area contributed by atoms with Gasteiger partial charge in [-0.25, -0.2) is 4.39 Å². The Balaban J connectivity index is 1.78. The van der Waals surface area contributed by atoms with Crippen LogP contribution in [0.4, 0.5) is 4.39 Å². The van der Waals surface area contributed by atoms with E-state index in [0.29, 0.717) is 13.0 Å². The van der Waals surface area contributed by atoms with Crippen molar-refractivity contribution in [3.8, 4) is 0 Å². The number of halogens is 2. The highest BCUT2D eigenvalue weighted by Gasteiger charge is 2.33. The van der Waals surface area contributed by atoms with E-state index in [0.717, 1.165) is 17.3 Å². The first-order chi connectivity index (χ1) is 11.0. The Morgan fingerprint density at radius 2 is 2.30 bits per heavy atom. The number of nitrogens with one attached hydrogen (secondary N) is 1. The molecule has 2 heterocycles. The Morgan fingerprint density at radius 1 is 1.52 bits per heavy atom. The van der Waals surface area contributed by atoms with Gasteiger partial charge >= 0.3 is 0 Å². The maximum Gasteiger partial charge on any atom is 0.254 e. The Kier molecular flexibility index (Phi) is 4.37. The standard InChI is InChI=1S/C16H17ClFN3O2/c1-9-12(8-19-21(9)2)15-14(5-6-23-15)20-16(22)11-4-3-10(17)7-13(11)18/h3-4,7-8,14-15H,5-6H2,1-2H3,(H,20,22)/t14-,15+/m0/s1. The molecule has 0 saturated carbocycles. The number of carbonyl (C=O) groups excluding carboxylic acids is 1. The summed E-state index contributed by atoms with van der Waals surface area (Å²) in [6.07, 6.45) is 2.14. The molecule has 0 radical (unpaired) electrons. The predicted molar refractivity (Wildman–Crippen MR) is 83.9 cm³/mol. The molecule has 0 spiro atoms. The second-order valence-electron chi connectivity index (χ2n) is 5.59. The summed E-state index contributed by atoms with van der Waals surface area (Å²) < 4.78 is 21.4. The number of aromatic nitrogens is 2. The molecule has 1 aliphatic heterocycles. The minimum atomic E-state index is -0.636. The molecule has 1 amide bonds. The molecule has 1 fully saturated rings. The molecular weight excluding hydrogens is 321 g/mol. The summed E-state index contributed by atoms with van der Waals surface area (Å²) in [6.45, 7) is 2.48. The van der Waals surface area contributed by atoms with Gasteiger partial charge in [0.25, 0.3) is 5.91 Å². The van der Waals surface area contributed by atoms with Crippen molar-refractivity contribution in [3.05, 3.63) is 52.1 Å². The van der Waals surface area contributed by atoms with Gasteiger partial charge in [-0.2, -0.15) is 5.10 Å². The maximum absolute atomic E-state index is 13.9. The van der Waals surface area contributed by atoms with Crippen LogP contribution in [0.25, 0.3) is 0 Å². The maximum atomic E-state index is 13.9. The van der Waals surface area contributed by atoms with Crippen LogP contribution in [0.5, 0.6) is 0 Å². The Bertz CT molecular complexity index is 747. The summed E-state index contributed by atoms with van der Waals surface area (Å²) >= 11 is 5.71. The van der Waals surface area contributed by atoms with Crippen LogP contribution in [0, 0.1) is 12.7 Å². The number of aryl methyl sites for hydroxylation is 1. The quantitative estimate of drug-likeness (QED) is 0.937. The topological polar surface area (TPSA) is 56.1 Å². The molecular formula is C16H17ClFN3O2. The van der Waals surface area contributed by atoms with Gasteiger partial charge in [0.05, 0.1) is 17.8 Å². The van der Waals surface area contributed by atoms with E-state index in [2.05, 4.69) is 10.4 Å². The summed E-state index contributed by atoms with van der Waals surface area (Å²) in [5.41, 5.74) is 1.89. The van der Waals surface area contributed by atoms with Gasteiger partial charge in [0.15, 0.2) is 0 Å². The lowest BCUT2D eigenvalue weighted by Crippen LogP contribution is -2.37. The molecule has 1 aromatic carbocycles. The van der Waals surface area contributed by atoms with Crippen LogP contribution in [-0.2, 0) is 11.8 Å². The summed E-state index contributed by atoms with van der Waals surface area (Å²) in [5, 5.41) is 7.32. The third-order valence-corrected chi connectivity index (χ3v) is 4.40. The fourth-order valence-corrected chi connectivity index (χ4v) is 2.92. The Labute approximate surface area is 138 Å². The van der Waals surface area contributed by atoms with Gasteiger partial charge in [0.2, 0.25) is 0 Å². The van der Waals surface area contributed by atoms with Crippen LogP contribution >= 0.6 is 11.6 Å². The van der Waals surface area contributed by atoms with Gasteiger partial charge in [-0.1, -0.05) is 11.6 Å². The zero-order valence-corrected chi connectivity index (χ0v) is 13.6. The van der Waals surface area contributed by atoms with Crippen molar-refractivity contribution in [3.63, 3.8) is 0 Å². The van der Waals surface area contributed by atoms with Gasteiger partial charge in [0.1, 0.15) is 11.9 Å². The lowest BCUT2D eigenvalue weighted by atomic mass is 10.0. The minimum Gasteiger partial charge on any atom is -0.371 e. The van der Waals surface area contributed by atoms with E-state index in [1.54, 1.807) is 10.9 Å². The van der Waals surface area contributed by atoms with E-state index < -0.39 is 11.7 Å². The van der Waals surface area contributed by atoms with Gasteiger partial charge < -0.3 is 10.1 Å². The predicted octanol–water partition coefficient (Wildman–Crippen LogP) is 2.78. The number of ether oxygens (including phenoxy) is 1. The lowest BCUT2D eigenvalue weighted by Gasteiger charge is -2.20. The lowest BCUT2D eigenvalue weighted by molar-refractivity contribution is 0.0816. The van der Waals surface area contributed by atoms with Crippen molar-refractivity contribution in [2.24, 2.45) is 7.05 Å². The number of benzene rings is 1. The Morgan fingerprint density at radius 3 is 2.96 bits per heavy atom. The molecule has 0 unspecified atom stereocenters. The van der Waals surface area contributed by atoms with Crippen molar-refractivity contribution in [1.82, 2.24) is 15.1 Å². The molecule has 122 valence electrons. The highest BCUT2D eigenvalue weighted by molar-refractivity contribution is 6.30. The third-order valence-electron chi connectivity index (χ3n) is 4.16. The van der Waals surface area contributed by atoms with E-state index in [9.17, 15) is 9.18 Å².